The number of rotatable bonds is 2. The maximum atomic E-state index is 11.9. The molecule has 1 aliphatic rings. The van der Waals surface area contributed by atoms with E-state index in [4.69, 9.17) is 0 Å². The van der Waals surface area contributed by atoms with Crippen molar-refractivity contribution in [1.29, 1.82) is 0 Å². The number of benzene rings is 1. The molecule has 1 aromatic heterocycles. The molecule has 114 valence electrons. The third-order valence-electron chi connectivity index (χ3n) is 3.58. The van der Waals surface area contributed by atoms with Gasteiger partial charge in [0.05, 0.1) is 21.6 Å². The highest BCUT2D eigenvalue weighted by molar-refractivity contribution is 8.00. The van der Waals surface area contributed by atoms with Crippen molar-refractivity contribution >= 4 is 29.2 Å². The van der Waals surface area contributed by atoms with Gasteiger partial charge in [0.2, 0.25) is 5.91 Å². The van der Waals surface area contributed by atoms with E-state index in [9.17, 15) is 14.9 Å². The fourth-order valence-corrected chi connectivity index (χ4v) is 3.77. The van der Waals surface area contributed by atoms with Crippen LogP contribution in [-0.4, -0.2) is 26.4 Å². The summed E-state index contributed by atoms with van der Waals surface area (Å²) in [5, 5.41) is 17.9. The predicted octanol–water partition coefficient (Wildman–Crippen LogP) is 2.41. The molecule has 7 nitrogen and oxygen atoms in total. The number of nitro benzene ring substituents is 1. The van der Waals surface area contributed by atoms with Crippen LogP contribution in [0.4, 0.5) is 11.5 Å². The van der Waals surface area contributed by atoms with E-state index in [1.807, 2.05) is 6.92 Å². The fraction of sp³-hybridized carbons (Fsp3) is 0.286. The second kappa shape index (κ2) is 5.45. The van der Waals surface area contributed by atoms with Gasteiger partial charge in [0.1, 0.15) is 5.82 Å². The minimum Gasteiger partial charge on any atom is -0.310 e. The molecular formula is C14H14N4O3S. The second-order valence-corrected chi connectivity index (χ2v) is 6.15. The van der Waals surface area contributed by atoms with Crippen LogP contribution >= 0.6 is 11.8 Å². The van der Waals surface area contributed by atoms with Crippen LogP contribution in [0, 0.1) is 17.0 Å². The van der Waals surface area contributed by atoms with E-state index in [-0.39, 0.29) is 16.8 Å². The largest absolute Gasteiger partial charge is 0.310 e. The predicted molar refractivity (Wildman–Crippen MR) is 84.0 cm³/mol. The van der Waals surface area contributed by atoms with Crippen LogP contribution in [0.5, 0.6) is 0 Å². The van der Waals surface area contributed by atoms with Gasteiger partial charge < -0.3 is 5.32 Å². The molecule has 2 heterocycles. The van der Waals surface area contributed by atoms with Crippen molar-refractivity contribution in [3.63, 3.8) is 0 Å². The summed E-state index contributed by atoms with van der Waals surface area (Å²) >= 11 is 1.49. The van der Waals surface area contributed by atoms with Gasteiger partial charge in [-0.15, -0.1) is 11.8 Å². The molecule has 0 radical (unpaired) electrons. The van der Waals surface area contributed by atoms with Crippen LogP contribution in [0.15, 0.2) is 24.3 Å². The summed E-state index contributed by atoms with van der Waals surface area (Å²) in [5.74, 6) is 0.949. The van der Waals surface area contributed by atoms with Crippen LogP contribution in [-0.2, 0) is 11.8 Å². The highest BCUT2D eigenvalue weighted by Crippen LogP contribution is 2.43. The Balaban J connectivity index is 2.07. The molecule has 1 aromatic carbocycles. The van der Waals surface area contributed by atoms with Gasteiger partial charge in [-0.2, -0.15) is 5.10 Å². The number of hydrogen-bond acceptors (Lipinski definition) is 5. The SMILES string of the molecule is Cc1nn(C)c2c1C(c1ccc([N+](=O)[O-])cc1)SCC(=O)N2. The number of amides is 1. The summed E-state index contributed by atoms with van der Waals surface area (Å²) in [6.45, 7) is 1.90. The number of non-ortho nitro benzene ring substituents is 1. The van der Waals surface area contributed by atoms with Gasteiger partial charge in [0.15, 0.2) is 0 Å². The topological polar surface area (TPSA) is 90.1 Å². The number of nitrogens with zero attached hydrogens (tertiary/aromatic N) is 3. The normalized spacial score (nSPS) is 17.5. The van der Waals surface area contributed by atoms with Crippen molar-refractivity contribution in [2.45, 2.75) is 12.2 Å². The van der Waals surface area contributed by atoms with Gasteiger partial charge in [0, 0.05) is 24.7 Å². The van der Waals surface area contributed by atoms with Gasteiger partial charge in [-0.3, -0.25) is 19.6 Å². The Bertz CT molecular complexity index is 754. The monoisotopic (exact) mass is 318 g/mol. The Morgan fingerprint density at radius 3 is 2.73 bits per heavy atom. The number of carbonyl (C=O) groups excluding carboxylic acids is 1. The zero-order valence-corrected chi connectivity index (χ0v) is 12.9. The number of nitrogens with one attached hydrogen (secondary N) is 1. The van der Waals surface area contributed by atoms with Crippen molar-refractivity contribution in [2.24, 2.45) is 7.05 Å². The zero-order chi connectivity index (χ0) is 15.9. The molecule has 0 spiro atoms. The molecule has 1 N–H and O–H groups in total. The summed E-state index contributed by atoms with van der Waals surface area (Å²) in [6.07, 6.45) is 0. The zero-order valence-electron chi connectivity index (χ0n) is 12.1. The molecule has 1 atom stereocenters. The van der Waals surface area contributed by atoms with Crippen molar-refractivity contribution in [1.82, 2.24) is 9.78 Å². The number of aryl methyl sites for hydroxylation is 2. The summed E-state index contributed by atoms with van der Waals surface area (Å²) < 4.78 is 1.66. The average molecular weight is 318 g/mol. The van der Waals surface area contributed by atoms with E-state index < -0.39 is 4.92 Å². The van der Waals surface area contributed by atoms with Crippen molar-refractivity contribution in [2.75, 3.05) is 11.1 Å². The van der Waals surface area contributed by atoms with Gasteiger partial charge in [0.25, 0.3) is 5.69 Å². The van der Waals surface area contributed by atoms with E-state index in [1.165, 1.54) is 23.9 Å². The number of aromatic nitrogens is 2. The molecule has 0 bridgehead atoms. The lowest BCUT2D eigenvalue weighted by Gasteiger charge is -2.15. The molecule has 1 amide bonds. The van der Waals surface area contributed by atoms with E-state index >= 15 is 0 Å². The van der Waals surface area contributed by atoms with E-state index in [0.29, 0.717) is 11.6 Å². The first-order valence-corrected chi connectivity index (χ1v) is 7.71. The maximum absolute atomic E-state index is 11.9. The third-order valence-corrected chi connectivity index (χ3v) is 4.85. The van der Waals surface area contributed by atoms with E-state index in [1.54, 1.807) is 23.9 Å². The maximum Gasteiger partial charge on any atom is 0.269 e. The van der Waals surface area contributed by atoms with E-state index in [0.717, 1.165) is 16.8 Å². The van der Waals surface area contributed by atoms with Crippen LogP contribution in [0.2, 0.25) is 0 Å². The Morgan fingerprint density at radius 2 is 2.09 bits per heavy atom. The molecule has 0 fully saturated rings. The number of thioether (sulfide) groups is 1. The van der Waals surface area contributed by atoms with Crippen LogP contribution in [0.3, 0.4) is 0 Å². The van der Waals surface area contributed by atoms with Gasteiger partial charge >= 0.3 is 0 Å². The minimum atomic E-state index is -0.421. The molecular weight excluding hydrogens is 304 g/mol. The number of hydrogen-bond donors (Lipinski definition) is 1. The Hall–Kier alpha value is -2.35. The summed E-state index contributed by atoms with van der Waals surface area (Å²) in [5.41, 5.74) is 2.77. The average Bonchev–Trinajstić information content (AvgIpc) is 2.66. The van der Waals surface area contributed by atoms with Crippen LogP contribution in [0.25, 0.3) is 0 Å². The molecule has 22 heavy (non-hydrogen) atoms. The lowest BCUT2D eigenvalue weighted by Crippen LogP contribution is -2.15. The quantitative estimate of drug-likeness (QED) is 0.678. The highest BCUT2D eigenvalue weighted by atomic mass is 32.2. The molecule has 1 unspecified atom stereocenters. The summed E-state index contributed by atoms with van der Waals surface area (Å²) in [6, 6.07) is 6.45. The first-order valence-electron chi connectivity index (χ1n) is 6.66. The molecule has 1 aliphatic heterocycles. The Kier molecular flexibility index (Phi) is 3.61. The minimum absolute atomic E-state index is 0.0553. The lowest BCUT2D eigenvalue weighted by atomic mass is 10.0. The molecule has 2 aromatic rings. The molecule has 0 saturated carbocycles. The number of fused-ring (bicyclic) bond motifs is 1. The summed E-state index contributed by atoms with van der Waals surface area (Å²) in [4.78, 5) is 22.2. The first kappa shape index (κ1) is 14.6. The van der Waals surface area contributed by atoms with E-state index in [2.05, 4.69) is 10.4 Å². The first-order chi connectivity index (χ1) is 10.5. The smallest absolute Gasteiger partial charge is 0.269 e. The second-order valence-electron chi connectivity index (χ2n) is 5.06. The van der Waals surface area contributed by atoms with Gasteiger partial charge in [-0.1, -0.05) is 12.1 Å². The van der Waals surface area contributed by atoms with Crippen LogP contribution in [0.1, 0.15) is 22.1 Å². The summed E-state index contributed by atoms with van der Waals surface area (Å²) in [7, 11) is 1.79. The Labute approximate surface area is 130 Å². The lowest BCUT2D eigenvalue weighted by molar-refractivity contribution is -0.384. The van der Waals surface area contributed by atoms with Crippen LogP contribution < -0.4 is 5.32 Å². The standard InChI is InChI=1S/C14H14N4O3S/c1-8-12-13(9-3-5-10(6-4-9)18(20)21)22-7-11(19)15-14(12)17(2)16-8/h3-6,13H,7H2,1-2H3,(H,15,19). The molecule has 3 rings (SSSR count). The number of nitro groups is 1. The molecule has 0 saturated heterocycles. The highest BCUT2D eigenvalue weighted by Gasteiger charge is 2.29. The fourth-order valence-electron chi connectivity index (χ4n) is 2.58. The van der Waals surface area contributed by atoms with Gasteiger partial charge in [-0.25, -0.2) is 0 Å². The number of anilines is 1. The van der Waals surface area contributed by atoms with Crippen molar-refractivity contribution in [3.05, 3.63) is 51.2 Å². The van der Waals surface area contributed by atoms with Gasteiger partial charge in [-0.05, 0) is 12.5 Å². The third kappa shape index (κ3) is 2.45. The van der Waals surface area contributed by atoms with Crippen molar-refractivity contribution in [3.8, 4) is 0 Å². The molecule has 8 heteroatoms. The Morgan fingerprint density at radius 1 is 1.41 bits per heavy atom. The molecule has 0 aliphatic carbocycles. The van der Waals surface area contributed by atoms with Crippen molar-refractivity contribution < 1.29 is 9.72 Å². The number of carbonyl (C=O) groups is 1.